The fourth-order valence-electron chi connectivity index (χ4n) is 2.29. The van der Waals surface area contributed by atoms with Crippen LogP contribution in [0.15, 0.2) is 53.7 Å². The van der Waals surface area contributed by atoms with Crippen molar-refractivity contribution in [1.82, 2.24) is 14.8 Å². The Labute approximate surface area is 171 Å². The Morgan fingerprint density at radius 2 is 1.96 bits per heavy atom. The third kappa shape index (κ3) is 4.82. The second-order valence-electron chi connectivity index (χ2n) is 5.91. The van der Waals surface area contributed by atoms with Gasteiger partial charge in [-0.15, -0.1) is 10.2 Å². The molecule has 0 spiro atoms. The molecule has 0 aliphatic heterocycles. The van der Waals surface area contributed by atoms with Crippen LogP contribution in [-0.4, -0.2) is 25.9 Å². The fourth-order valence-corrected chi connectivity index (χ4v) is 3.31. The number of halogens is 2. The topological polar surface area (TPSA) is 69.0 Å². The van der Waals surface area contributed by atoms with E-state index in [1.807, 2.05) is 12.1 Å². The first kappa shape index (κ1) is 20.2. The van der Waals surface area contributed by atoms with Gasteiger partial charge in [-0.05, 0) is 31.2 Å². The molecular formula is C19H18ClFN4O2S. The zero-order valence-electron chi connectivity index (χ0n) is 15.2. The Hall–Kier alpha value is -2.58. The van der Waals surface area contributed by atoms with Gasteiger partial charge in [-0.25, -0.2) is 4.39 Å². The van der Waals surface area contributed by atoms with Crippen LogP contribution in [0.5, 0.6) is 5.75 Å². The van der Waals surface area contributed by atoms with E-state index in [-0.39, 0.29) is 18.2 Å². The molecule has 0 aliphatic carbocycles. The Morgan fingerprint density at radius 3 is 2.71 bits per heavy atom. The number of carbonyl (C=O) groups excluding carboxylic acids is 1. The monoisotopic (exact) mass is 420 g/mol. The lowest BCUT2D eigenvalue weighted by Gasteiger charge is -2.12. The average Bonchev–Trinajstić information content (AvgIpc) is 3.02. The van der Waals surface area contributed by atoms with E-state index < -0.39 is 11.1 Å². The fraction of sp³-hybridized carbons (Fsp3) is 0.211. The summed E-state index contributed by atoms with van der Waals surface area (Å²) in [4.78, 5) is 12.3. The molecule has 9 heteroatoms. The van der Waals surface area contributed by atoms with Gasteiger partial charge in [0.25, 0.3) is 0 Å². The van der Waals surface area contributed by atoms with E-state index in [0.717, 1.165) is 0 Å². The summed E-state index contributed by atoms with van der Waals surface area (Å²) in [6, 6.07) is 13.2. The van der Waals surface area contributed by atoms with Gasteiger partial charge in [0.15, 0.2) is 11.0 Å². The number of hydrogen-bond acceptors (Lipinski definition) is 5. The van der Waals surface area contributed by atoms with E-state index in [1.165, 1.54) is 23.9 Å². The number of anilines is 1. The lowest BCUT2D eigenvalue weighted by molar-refractivity contribution is -0.115. The Morgan fingerprint density at radius 1 is 1.25 bits per heavy atom. The maximum Gasteiger partial charge on any atom is 0.237 e. The number of nitrogens with zero attached hydrogens (tertiary/aromatic N) is 3. The van der Waals surface area contributed by atoms with Crippen molar-refractivity contribution in [2.24, 2.45) is 7.05 Å². The number of rotatable bonds is 7. The molecule has 2 aromatic carbocycles. The predicted octanol–water partition coefficient (Wildman–Crippen LogP) is 4.31. The molecule has 0 radical (unpaired) electrons. The van der Waals surface area contributed by atoms with Crippen molar-refractivity contribution in [2.45, 2.75) is 23.9 Å². The lowest BCUT2D eigenvalue weighted by Crippen LogP contribution is -2.23. The van der Waals surface area contributed by atoms with Crippen LogP contribution in [0.1, 0.15) is 12.7 Å². The van der Waals surface area contributed by atoms with Crippen LogP contribution < -0.4 is 10.1 Å². The predicted molar refractivity (Wildman–Crippen MR) is 107 cm³/mol. The molecule has 0 fully saturated rings. The van der Waals surface area contributed by atoms with Crippen molar-refractivity contribution in [3.05, 3.63) is 65.2 Å². The minimum absolute atomic E-state index is 0.145. The summed E-state index contributed by atoms with van der Waals surface area (Å²) in [5.41, 5.74) is 0.145. The summed E-state index contributed by atoms with van der Waals surface area (Å²) >= 11 is 7.30. The van der Waals surface area contributed by atoms with E-state index in [9.17, 15) is 9.18 Å². The number of thioether (sulfide) groups is 1. The minimum Gasteiger partial charge on any atom is -0.484 e. The molecule has 1 aromatic heterocycles. The van der Waals surface area contributed by atoms with Gasteiger partial charge in [0, 0.05) is 7.05 Å². The average molecular weight is 421 g/mol. The first-order valence-corrected chi connectivity index (χ1v) is 9.69. The number of amides is 1. The lowest BCUT2D eigenvalue weighted by atomic mass is 10.3. The molecule has 3 rings (SSSR count). The van der Waals surface area contributed by atoms with Crippen molar-refractivity contribution >= 4 is 35.0 Å². The van der Waals surface area contributed by atoms with E-state index in [1.54, 1.807) is 42.8 Å². The molecule has 0 aliphatic rings. The first-order valence-electron chi connectivity index (χ1n) is 8.43. The zero-order valence-corrected chi connectivity index (χ0v) is 16.8. The van der Waals surface area contributed by atoms with E-state index in [2.05, 4.69) is 15.5 Å². The molecule has 0 saturated carbocycles. The van der Waals surface area contributed by atoms with Crippen LogP contribution in [0.4, 0.5) is 10.1 Å². The number of hydrogen-bond donors (Lipinski definition) is 1. The third-order valence-corrected chi connectivity index (χ3v) is 5.35. The summed E-state index contributed by atoms with van der Waals surface area (Å²) in [6.45, 7) is 1.90. The number of carbonyl (C=O) groups is 1. The number of nitrogens with one attached hydrogen (secondary N) is 1. The highest BCUT2D eigenvalue weighted by molar-refractivity contribution is 8.00. The number of para-hydroxylation sites is 2. The number of ether oxygens (including phenoxy) is 1. The zero-order chi connectivity index (χ0) is 20.1. The molecule has 6 nitrogen and oxygen atoms in total. The van der Waals surface area contributed by atoms with Gasteiger partial charge in [0.05, 0.1) is 16.0 Å². The van der Waals surface area contributed by atoms with Crippen LogP contribution >= 0.6 is 23.4 Å². The van der Waals surface area contributed by atoms with Gasteiger partial charge >= 0.3 is 0 Å². The van der Waals surface area contributed by atoms with Gasteiger partial charge in [-0.2, -0.15) is 0 Å². The molecule has 1 unspecified atom stereocenters. The highest BCUT2D eigenvalue weighted by Crippen LogP contribution is 2.26. The summed E-state index contributed by atoms with van der Waals surface area (Å²) in [6.07, 6.45) is 0. The molecule has 146 valence electrons. The molecule has 1 heterocycles. The minimum atomic E-state index is -0.500. The first-order chi connectivity index (χ1) is 13.5. The SMILES string of the molecule is CC(Sc1nnc(COc2ccccc2Cl)n1C)C(=O)Nc1ccccc1F. The highest BCUT2D eigenvalue weighted by atomic mass is 35.5. The molecule has 28 heavy (non-hydrogen) atoms. The third-order valence-electron chi connectivity index (χ3n) is 3.90. The van der Waals surface area contributed by atoms with Crippen molar-refractivity contribution in [3.63, 3.8) is 0 Å². The Balaban J connectivity index is 1.61. The van der Waals surface area contributed by atoms with Gasteiger partial charge < -0.3 is 14.6 Å². The van der Waals surface area contributed by atoms with Gasteiger partial charge in [-0.1, -0.05) is 47.6 Å². The van der Waals surface area contributed by atoms with Crippen LogP contribution in [0, 0.1) is 5.82 Å². The summed E-state index contributed by atoms with van der Waals surface area (Å²) in [5, 5.41) is 11.3. The van der Waals surface area contributed by atoms with Gasteiger partial charge in [-0.3, -0.25) is 4.79 Å². The molecule has 0 saturated heterocycles. The standard InChI is InChI=1S/C19H18ClFN4O2S/c1-12(18(26)22-15-9-5-4-8-14(15)21)28-19-24-23-17(25(19)2)11-27-16-10-6-3-7-13(16)20/h3-10,12H,11H2,1-2H3,(H,22,26). The van der Waals surface area contributed by atoms with Crippen LogP contribution in [-0.2, 0) is 18.4 Å². The van der Waals surface area contributed by atoms with E-state index >= 15 is 0 Å². The molecule has 0 bridgehead atoms. The van der Waals surface area contributed by atoms with Crippen molar-refractivity contribution in [1.29, 1.82) is 0 Å². The highest BCUT2D eigenvalue weighted by Gasteiger charge is 2.20. The second kappa shape index (κ2) is 9.07. The number of aromatic nitrogens is 3. The van der Waals surface area contributed by atoms with Crippen molar-refractivity contribution in [2.75, 3.05) is 5.32 Å². The summed E-state index contributed by atoms with van der Waals surface area (Å²) in [7, 11) is 1.79. The van der Waals surface area contributed by atoms with Crippen LogP contribution in [0.3, 0.4) is 0 Å². The van der Waals surface area contributed by atoms with Crippen molar-refractivity contribution < 1.29 is 13.9 Å². The smallest absolute Gasteiger partial charge is 0.237 e. The largest absolute Gasteiger partial charge is 0.484 e. The van der Waals surface area contributed by atoms with E-state index in [0.29, 0.717) is 21.8 Å². The van der Waals surface area contributed by atoms with Gasteiger partial charge in [0.2, 0.25) is 5.91 Å². The quantitative estimate of drug-likeness (QED) is 0.577. The summed E-state index contributed by atoms with van der Waals surface area (Å²) in [5.74, 6) is 0.334. The molecule has 1 N–H and O–H groups in total. The van der Waals surface area contributed by atoms with Crippen LogP contribution in [0.2, 0.25) is 5.02 Å². The van der Waals surface area contributed by atoms with Crippen LogP contribution in [0.25, 0.3) is 0 Å². The molecule has 1 amide bonds. The molecule has 1 atom stereocenters. The molecular weight excluding hydrogens is 403 g/mol. The summed E-state index contributed by atoms with van der Waals surface area (Å²) < 4.78 is 21.1. The Kier molecular flexibility index (Phi) is 6.53. The second-order valence-corrected chi connectivity index (χ2v) is 7.62. The van der Waals surface area contributed by atoms with Gasteiger partial charge in [0.1, 0.15) is 18.2 Å². The maximum atomic E-state index is 13.7. The maximum absolute atomic E-state index is 13.7. The normalized spacial score (nSPS) is 11.9. The van der Waals surface area contributed by atoms with E-state index in [4.69, 9.17) is 16.3 Å². The molecule has 3 aromatic rings. The van der Waals surface area contributed by atoms with Crippen molar-refractivity contribution in [3.8, 4) is 5.75 Å². The Bertz CT molecular complexity index is 982. The number of benzene rings is 2.